The van der Waals surface area contributed by atoms with Crippen LogP contribution in [0.5, 0.6) is 0 Å². The van der Waals surface area contributed by atoms with Gasteiger partial charge in [0.15, 0.2) is 0 Å². The van der Waals surface area contributed by atoms with Crippen LogP contribution in [-0.2, 0) is 5.54 Å². The van der Waals surface area contributed by atoms with E-state index >= 15 is 0 Å². The molecule has 0 bridgehead atoms. The van der Waals surface area contributed by atoms with Gasteiger partial charge in [-0.25, -0.2) is 0 Å². The predicted octanol–water partition coefficient (Wildman–Crippen LogP) is 1.58. The lowest BCUT2D eigenvalue weighted by Gasteiger charge is -2.43. The van der Waals surface area contributed by atoms with E-state index in [-0.39, 0.29) is 5.54 Å². The lowest BCUT2D eigenvalue weighted by Crippen LogP contribution is -2.53. The molecule has 0 spiro atoms. The van der Waals surface area contributed by atoms with Crippen LogP contribution in [0.15, 0.2) is 42.6 Å². The first kappa shape index (κ1) is 12.4. The third kappa shape index (κ3) is 2.17. The minimum Gasteiger partial charge on any atom is -0.314 e. The zero-order valence-corrected chi connectivity index (χ0v) is 11.3. The number of piperazine rings is 1. The first-order valence-electron chi connectivity index (χ1n) is 6.83. The average molecular weight is 256 g/mol. The van der Waals surface area contributed by atoms with Crippen molar-refractivity contribution in [3.8, 4) is 0 Å². The normalized spacial score (nSPS) is 20.1. The molecule has 0 amide bonds. The highest BCUT2D eigenvalue weighted by Gasteiger charge is 2.37. The van der Waals surface area contributed by atoms with Crippen molar-refractivity contribution in [3.63, 3.8) is 0 Å². The molecule has 1 aromatic heterocycles. The highest BCUT2D eigenvalue weighted by atomic mass is 15.3. The topological polar surface area (TPSA) is 44.0 Å². The number of hydrogen-bond acceptors (Lipinski definition) is 3. The number of benzene rings is 1. The number of nitrogens with one attached hydrogen (secondary N) is 2. The number of aromatic amines is 1. The number of rotatable bonds is 3. The van der Waals surface area contributed by atoms with E-state index in [2.05, 4.69) is 63.7 Å². The Kier molecular flexibility index (Phi) is 3.36. The highest BCUT2D eigenvalue weighted by Crippen LogP contribution is 2.34. The Morgan fingerprint density at radius 2 is 1.84 bits per heavy atom. The van der Waals surface area contributed by atoms with Crippen LogP contribution in [0.25, 0.3) is 0 Å². The molecule has 1 aliphatic rings. The van der Waals surface area contributed by atoms with Crippen LogP contribution < -0.4 is 5.32 Å². The van der Waals surface area contributed by atoms with Gasteiger partial charge in [-0.05, 0) is 18.6 Å². The summed E-state index contributed by atoms with van der Waals surface area (Å²) in [4.78, 5) is 2.52. The van der Waals surface area contributed by atoms with Crippen molar-refractivity contribution in [2.45, 2.75) is 12.5 Å². The maximum Gasteiger partial charge on any atom is 0.0855 e. The maximum absolute atomic E-state index is 4.14. The molecule has 2 aromatic rings. The van der Waals surface area contributed by atoms with Gasteiger partial charge in [0.2, 0.25) is 0 Å². The van der Waals surface area contributed by atoms with Crippen molar-refractivity contribution in [3.05, 3.63) is 53.9 Å². The Morgan fingerprint density at radius 1 is 1.11 bits per heavy atom. The summed E-state index contributed by atoms with van der Waals surface area (Å²) in [5.41, 5.74) is 2.32. The second-order valence-electron chi connectivity index (χ2n) is 5.15. The van der Waals surface area contributed by atoms with E-state index in [0.717, 1.165) is 31.9 Å². The molecule has 4 nitrogen and oxygen atoms in total. The van der Waals surface area contributed by atoms with Gasteiger partial charge in [-0.1, -0.05) is 30.3 Å². The first-order chi connectivity index (χ1) is 9.32. The molecule has 1 unspecified atom stereocenters. The summed E-state index contributed by atoms with van der Waals surface area (Å²) in [5.74, 6) is 0. The molecule has 1 saturated heterocycles. The molecule has 19 heavy (non-hydrogen) atoms. The summed E-state index contributed by atoms with van der Waals surface area (Å²) in [5, 5.41) is 10.7. The fourth-order valence-electron chi connectivity index (χ4n) is 2.91. The van der Waals surface area contributed by atoms with E-state index in [1.54, 1.807) is 0 Å². The Morgan fingerprint density at radius 3 is 2.47 bits per heavy atom. The van der Waals surface area contributed by atoms with Gasteiger partial charge in [-0.2, -0.15) is 5.10 Å². The number of hydrogen-bond donors (Lipinski definition) is 2. The zero-order chi connectivity index (χ0) is 13.1. The third-order valence-corrected chi connectivity index (χ3v) is 4.11. The largest absolute Gasteiger partial charge is 0.314 e. The number of aromatic nitrogens is 2. The van der Waals surface area contributed by atoms with Crippen LogP contribution >= 0.6 is 0 Å². The van der Waals surface area contributed by atoms with Gasteiger partial charge in [0.05, 0.1) is 11.2 Å². The van der Waals surface area contributed by atoms with Crippen LogP contribution in [0, 0.1) is 0 Å². The van der Waals surface area contributed by atoms with Gasteiger partial charge >= 0.3 is 0 Å². The molecule has 3 rings (SSSR count). The number of nitrogens with zero attached hydrogens (tertiary/aromatic N) is 2. The van der Waals surface area contributed by atoms with Crippen LogP contribution in [0.2, 0.25) is 0 Å². The molecule has 0 radical (unpaired) electrons. The molecular weight excluding hydrogens is 236 g/mol. The molecule has 1 aliphatic heterocycles. The van der Waals surface area contributed by atoms with Crippen LogP contribution in [0.1, 0.15) is 18.2 Å². The van der Waals surface area contributed by atoms with Gasteiger partial charge in [-0.15, -0.1) is 0 Å². The number of H-pyrrole nitrogens is 1. The first-order valence-corrected chi connectivity index (χ1v) is 6.83. The molecule has 4 heteroatoms. The molecule has 1 aromatic carbocycles. The van der Waals surface area contributed by atoms with E-state index < -0.39 is 0 Å². The molecule has 2 N–H and O–H groups in total. The summed E-state index contributed by atoms with van der Waals surface area (Å²) in [7, 11) is 0. The van der Waals surface area contributed by atoms with Gasteiger partial charge in [0.25, 0.3) is 0 Å². The second-order valence-corrected chi connectivity index (χ2v) is 5.15. The Hall–Kier alpha value is -1.65. The SMILES string of the molecule is CC(c1ccccc1)(c1ccn[nH]1)N1CCNCC1. The van der Waals surface area contributed by atoms with Crippen LogP contribution in [0.4, 0.5) is 0 Å². The Bertz CT molecular complexity index is 502. The van der Waals surface area contributed by atoms with Crippen molar-refractivity contribution in [2.24, 2.45) is 0 Å². The van der Waals surface area contributed by atoms with E-state index in [1.165, 1.54) is 5.56 Å². The fraction of sp³-hybridized carbons (Fsp3) is 0.400. The van der Waals surface area contributed by atoms with E-state index in [9.17, 15) is 0 Å². The fourth-order valence-corrected chi connectivity index (χ4v) is 2.91. The summed E-state index contributed by atoms with van der Waals surface area (Å²) >= 11 is 0. The average Bonchev–Trinajstić information content (AvgIpc) is 3.03. The molecular formula is C15H20N4. The van der Waals surface area contributed by atoms with Crippen molar-refractivity contribution >= 4 is 0 Å². The predicted molar refractivity (Wildman–Crippen MR) is 75.9 cm³/mol. The van der Waals surface area contributed by atoms with Crippen molar-refractivity contribution in [2.75, 3.05) is 26.2 Å². The molecule has 100 valence electrons. The minimum absolute atomic E-state index is 0.139. The Labute approximate surface area is 113 Å². The Balaban J connectivity index is 2.05. The van der Waals surface area contributed by atoms with E-state index in [0.29, 0.717) is 0 Å². The molecule has 2 heterocycles. The van der Waals surface area contributed by atoms with Crippen molar-refractivity contribution in [1.29, 1.82) is 0 Å². The molecule has 0 aliphatic carbocycles. The second kappa shape index (κ2) is 5.15. The van der Waals surface area contributed by atoms with Crippen LogP contribution in [-0.4, -0.2) is 41.3 Å². The van der Waals surface area contributed by atoms with Crippen LogP contribution in [0.3, 0.4) is 0 Å². The molecule has 1 atom stereocenters. The van der Waals surface area contributed by atoms with Crippen molar-refractivity contribution in [1.82, 2.24) is 20.4 Å². The lowest BCUT2D eigenvalue weighted by molar-refractivity contribution is 0.116. The minimum atomic E-state index is -0.139. The summed E-state index contributed by atoms with van der Waals surface area (Å²) < 4.78 is 0. The monoisotopic (exact) mass is 256 g/mol. The molecule has 1 fully saturated rings. The zero-order valence-electron chi connectivity index (χ0n) is 11.3. The standard InChI is InChI=1S/C15H20N4/c1-15(14-7-8-17-18-14,13-5-3-2-4-6-13)19-11-9-16-10-12-19/h2-8,16H,9-12H2,1H3,(H,17,18). The maximum atomic E-state index is 4.14. The summed E-state index contributed by atoms with van der Waals surface area (Å²) in [6.07, 6.45) is 1.83. The quantitative estimate of drug-likeness (QED) is 0.876. The highest BCUT2D eigenvalue weighted by molar-refractivity contribution is 5.33. The third-order valence-electron chi connectivity index (χ3n) is 4.11. The van der Waals surface area contributed by atoms with Gasteiger partial charge < -0.3 is 5.32 Å². The van der Waals surface area contributed by atoms with E-state index in [4.69, 9.17) is 0 Å². The smallest absolute Gasteiger partial charge is 0.0855 e. The summed E-state index contributed by atoms with van der Waals surface area (Å²) in [6.45, 7) is 6.45. The van der Waals surface area contributed by atoms with E-state index in [1.807, 2.05) is 6.20 Å². The van der Waals surface area contributed by atoms with Crippen molar-refractivity contribution < 1.29 is 0 Å². The lowest BCUT2D eigenvalue weighted by atomic mass is 9.86. The van der Waals surface area contributed by atoms with Gasteiger partial charge in [0.1, 0.15) is 0 Å². The molecule has 0 saturated carbocycles. The van der Waals surface area contributed by atoms with Gasteiger partial charge in [0, 0.05) is 32.4 Å². The summed E-state index contributed by atoms with van der Waals surface area (Å²) in [6, 6.07) is 12.7. The van der Waals surface area contributed by atoms with Gasteiger partial charge in [-0.3, -0.25) is 10.00 Å².